The number of fused-ring (bicyclic) bond motifs is 2. The molecular weight excluding hydrogens is 316 g/mol. The summed E-state index contributed by atoms with van der Waals surface area (Å²) in [5.74, 6) is 0.665. The number of aryl methyl sites for hydroxylation is 1. The lowest BCUT2D eigenvalue weighted by atomic mass is 9.81. The molecule has 25 heavy (non-hydrogen) atoms. The Morgan fingerprint density at radius 2 is 2.08 bits per heavy atom. The first-order chi connectivity index (χ1) is 12.0. The summed E-state index contributed by atoms with van der Waals surface area (Å²) in [6.07, 6.45) is 0.622. The minimum atomic E-state index is -0.677. The van der Waals surface area contributed by atoms with Crippen molar-refractivity contribution in [2.24, 2.45) is 0 Å². The van der Waals surface area contributed by atoms with Gasteiger partial charge in [0, 0.05) is 24.3 Å². The van der Waals surface area contributed by atoms with E-state index in [2.05, 4.69) is 5.32 Å². The molecule has 4 rings (SSSR count). The predicted octanol–water partition coefficient (Wildman–Crippen LogP) is 2.74. The lowest BCUT2D eigenvalue weighted by Crippen LogP contribution is -2.39. The monoisotopic (exact) mass is 336 g/mol. The first-order valence-electron chi connectivity index (χ1n) is 8.39. The van der Waals surface area contributed by atoms with Gasteiger partial charge < -0.3 is 15.0 Å². The van der Waals surface area contributed by atoms with E-state index in [1.54, 1.807) is 12.0 Å². The predicted molar refractivity (Wildman–Crippen MR) is 95.0 cm³/mol. The Hall–Kier alpha value is -2.82. The molecule has 128 valence electrons. The van der Waals surface area contributed by atoms with Gasteiger partial charge in [-0.3, -0.25) is 9.59 Å². The maximum Gasteiger partial charge on any atom is 0.253 e. The SMILES string of the molecule is COc1ccc2c(c1)[C@@]1(CCN(C(=O)c3cccc(C)c3)C1)C(=O)N2. The van der Waals surface area contributed by atoms with E-state index in [0.717, 1.165) is 22.6 Å². The molecule has 0 aromatic heterocycles. The minimum Gasteiger partial charge on any atom is -0.497 e. The van der Waals surface area contributed by atoms with E-state index in [1.165, 1.54) is 0 Å². The first-order valence-corrected chi connectivity index (χ1v) is 8.39. The van der Waals surface area contributed by atoms with Crippen LogP contribution >= 0.6 is 0 Å². The van der Waals surface area contributed by atoms with Crippen LogP contribution in [0.25, 0.3) is 0 Å². The highest BCUT2D eigenvalue weighted by Crippen LogP contribution is 2.45. The van der Waals surface area contributed by atoms with Crippen LogP contribution in [-0.4, -0.2) is 36.9 Å². The van der Waals surface area contributed by atoms with Crippen molar-refractivity contribution in [3.8, 4) is 5.75 Å². The zero-order valence-corrected chi connectivity index (χ0v) is 14.3. The zero-order valence-electron chi connectivity index (χ0n) is 14.3. The number of nitrogens with zero attached hydrogens (tertiary/aromatic N) is 1. The van der Waals surface area contributed by atoms with Crippen LogP contribution < -0.4 is 10.1 Å². The largest absolute Gasteiger partial charge is 0.497 e. The Morgan fingerprint density at radius 1 is 1.24 bits per heavy atom. The number of carbonyl (C=O) groups excluding carboxylic acids is 2. The van der Waals surface area contributed by atoms with Crippen molar-refractivity contribution in [3.05, 3.63) is 59.2 Å². The zero-order chi connectivity index (χ0) is 17.6. The van der Waals surface area contributed by atoms with E-state index in [4.69, 9.17) is 4.74 Å². The molecule has 2 aliphatic heterocycles. The van der Waals surface area contributed by atoms with Gasteiger partial charge in [-0.15, -0.1) is 0 Å². The Morgan fingerprint density at radius 3 is 2.84 bits per heavy atom. The molecule has 5 nitrogen and oxygen atoms in total. The Labute approximate surface area is 146 Å². The molecule has 2 heterocycles. The summed E-state index contributed by atoms with van der Waals surface area (Å²) in [7, 11) is 1.61. The van der Waals surface area contributed by atoms with E-state index < -0.39 is 5.41 Å². The minimum absolute atomic E-state index is 0.0234. The molecule has 0 saturated carbocycles. The van der Waals surface area contributed by atoms with E-state index >= 15 is 0 Å². The van der Waals surface area contributed by atoms with Gasteiger partial charge in [0.05, 0.1) is 12.5 Å². The van der Waals surface area contributed by atoms with Crippen molar-refractivity contribution in [1.29, 1.82) is 0 Å². The quantitative estimate of drug-likeness (QED) is 0.917. The summed E-state index contributed by atoms with van der Waals surface area (Å²) in [5.41, 5.74) is 2.78. The average molecular weight is 336 g/mol. The smallest absolute Gasteiger partial charge is 0.253 e. The van der Waals surface area contributed by atoms with E-state index in [1.807, 2.05) is 49.4 Å². The highest BCUT2D eigenvalue weighted by atomic mass is 16.5. The fourth-order valence-corrected chi connectivity index (χ4v) is 3.87. The molecule has 0 bridgehead atoms. The van der Waals surface area contributed by atoms with E-state index in [9.17, 15) is 9.59 Å². The number of methoxy groups -OCH3 is 1. The molecule has 1 saturated heterocycles. The number of rotatable bonds is 2. The second-order valence-corrected chi connectivity index (χ2v) is 6.79. The van der Waals surface area contributed by atoms with Gasteiger partial charge in [-0.25, -0.2) is 0 Å². The van der Waals surface area contributed by atoms with Crippen LogP contribution in [0.15, 0.2) is 42.5 Å². The van der Waals surface area contributed by atoms with Gasteiger partial charge in [0.25, 0.3) is 5.91 Å². The molecule has 2 aromatic rings. The topological polar surface area (TPSA) is 58.6 Å². The summed E-state index contributed by atoms with van der Waals surface area (Å²) in [4.78, 5) is 27.4. The maximum atomic E-state index is 12.9. The van der Waals surface area contributed by atoms with Crippen molar-refractivity contribution in [2.45, 2.75) is 18.8 Å². The molecule has 1 spiro atoms. The summed E-state index contributed by atoms with van der Waals surface area (Å²) >= 11 is 0. The summed E-state index contributed by atoms with van der Waals surface area (Å²) in [6.45, 7) is 2.93. The highest BCUT2D eigenvalue weighted by Gasteiger charge is 2.52. The van der Waals surface area contributed by atoms with Gasteiger partial charge in [0.1, 0.15) is 5.75 Å². The summed E-state index contributed by atoms with van der Waals surface area (Å²) in [6, 6.07) is 13.2. The second kappa shape index (κ2) is 5.62. The second-order valence-electron chi connectivity index (χ2n) is 6.79. The number of anilines is 1. The number of nitrogens with one attached hydrogen (secondary N) is 1. The average Bonchev–Trinajstić information content (AvgIpc) is 3.18. The summed E-state index contributed by atoms with van der Waals surface area (Å²) < 4.78 is 5.31. The molecular formula is C20H20N2O3. The third-order valence-corrected chi connectivity index (χ3v) is 5.25. The number of ether oxygens (including phenoxy) is 1. The molecule has 2 aromatic carbocycles. The third kappa shape index (κ3) is 2.38. The van der Waals surface area contributed by atoms with Crippen LogP contribution in [0.5, 0.6) is 5.75 Å². The van der Waals surface area contributed by atoms with Gasteiger partial charge in [-0.05, 0) is 49.2 Å². The van der Waals surface area contributed by atoms with Crippen LogP contribution in [0.3, 0.4) is 0 Å². The molecule has 1 atom stereocenters. The maximum absolute atomic E-state index is 12.9. The molecule has 5 heteroatoms. The fraction of sp³-hybridized carbons (Fsp3) is 0.300. The number of amides is 2. The van der Waals surface area contributed by atoms with Crippen molar-refractivity contribution < 1.29 is 14.3 Å². The third-order valence-electron chi connectivity index (χ3n) is 5.25. The number of benzene rings is 2. The van der Waals surface area contributed by atoms with Crippen molar-refractivity contribution in [3.63, 3.8) is 0 Å². The fourth-order valence-electron chi connectivity index (χ4n) is 3.87. The van der Waals surface area contributed by atoms with Crippen molar-refractivity contribution in [2.75, 3.05) is 25.5 Å². The normalized spacial score (nSPS) is 21.4. The molecule has 0 aliphatic carbocycles. The Bertz CT molecular complexity index is 877. The van der Waals surface area contributed by atoms with Gasteiger partial charge >= 0.3 is 0 Å². The number of hydrogen-bond acceptors (Lipinski definition) is 3. The van der Waals surface area contributed by atoms with Crippen LogP contribution in [0.1, 0.15) is 27.9 Å². The standard InChI is InChI=1S/C20H20N2O3/c1-13-4-3-5-14(10-13)18(23)22-9-8-20(12-22)16-11-15(25-2)6-7-17(16)21-19(20)24/h3-7,10-11H,8-9,12H2,1-2H3,(H,21,24)/t20-/m0/s1. The molecule has 1 N–H and O–H groups in total. The van der Waals surface area contributed by atoms with Gasteiger partial charge in [0.2, 0.25) is 5.91 Å². The summed E-state index contributed by atoms with van der Waals surface area (Å²) in [5, 5.41) is 2.96. The molecule has 0 radical (unpaired) electrons. The first kappa shape index (κ1) is 15.7. The number of hydrogen-bond donors (Lipinski definition) is 1. The van der Waals surface area contributed by atoms with Crippen LogP contribution in [0.4, 0.5) is 5.69 Å². The van der Waals surface area contributed by atoms with E-state index in [0.29, 0.717) is 25.1 Å². The Balaban J connectivity index is 1.66. The van der Waals surface area contributed by atoms with E-state index in [-0.39, 0.29) is 11.8 Å². The molecule has 1 fully saturated rings. The molecule has 2 aliphatic rings. The van der Waals surface area contributed by atoms with Gasteiger partial charge in [0.15, 0.2) is 0 Å². The highest BCUT2D eigenvalue weighted by molar-refractivity contribution is 6.07. The lowest BCUT2D eigenvalue weighted by molar-refractivity contribution is -0.120. The number of likely N-dealkylation sites (tertiary alicyclic amines) is 1. The van der Waals surface area contributed by atoms with Crippen LogP contribution in [0.2, 0.25) is 0 Å². The van der Waals surface area contributed by atoms with Gasteiger partial charge in [-0.1, -0.05) is 17.7 Å². The van der Waals surface area contributed by atoms with Crippen LogP contribution in [0, 0.1) is 6.92 Å². The van der Waals surface area contributed by atoms with Crippen molar-refractivity contribution in [1.82, 2.24) is 4.90 Å². The number of carbonyl (C=O) groups is 2. The Kier molecular flexibility index (Phi) is 3.53. The lowest BCUT2D eigenvalue weighted by Gasteiger charge is -2.23. The van der Waals surface area contributed by atoms with Crippen molar-refractivity contribution >= 4 is 17.5 Å². The van der Waals surface area contributed by atoms with Crippen LogP contribution in [-0.2, 0) is 10.2 Å². The van der Waals surface area contributed by atoms with Gasteiger partial charge in [-0.2, -0.15) is 0 Å². The molecule has 0 unspecified atom stereocenters. The molecule has 2 amide bonds.